The van der Waals surface area contributed by atoms with E-state index in [0.717, 1.165) is 31.6 Å². The van der Waals surface area contributed by atoms with E-state index in [1.807, 2.05) is 23.1 Å². The summed E-state index contributed by atoms with van der Waals surface area (Å²) in [4.78, 5) is 33.8. The van der Waals surface area contributed by atoms with Crippen molar-refractivity contribution in [3.8, 4) is 0 Å². The molecule has 7 heteroatoms. The highest BCUT2D eigenvalue weighted by atomic mass is 16.2. The maximum atomic E-state index is 13.1. The number of ketones is 1. The lowest BCUT2D eigenvalue weighted by molar-refractivity contribution is 0.0748. The van der Waals surface area contributed by atoms with Crippen molar-refractivity contribution < 1.29 is 9.59 Å². The van der Waals surface area contributed by atoms with Gasteiger partial charge >= 0.3 is 0 Å². The Labute approximate surface area is 162 Å². The lowest BCUT2D eigenvalue weighted by Crippen LogP contribution is -2.48. The number of carbonyl (C=O) groups is 2. The van der Waals surface area contributed by atoms with Gasteiger partial charge in [-0.2, -0.15) is 5.10 Å². The highest BCUT2D eigenvalue weighted by Crippen LogP contribution is 2.23. The van der Waals surface area contributed by atoms with Crippen LogP contribution in [0, 0.1) is 0 Å². The highest BCUT2D eigenvalue weighted by Gasteiger charge is 2.27. The summed E-state index contributed by atoms with van der Waals surface area (Å²) in [7, 11) is 0. The minimum atomic E-state index is -0.0442. The van der Waals surface area contributed by atoms with E-state index in [9.17, 15) is 9.59 Å². The zero-order chi connectivity index (χ0) is 19.1. The molecule has 28 heavy (non-hydrogen) atoms. The summed E-state index contributed by atoms with van der Waals surface area (Å²) in [5.74, 6) is 0.0633. The van der Waals surface area contributed by atoms with Crippen LogP contribution >= 0.6 is 0 Å². The Balaban J connectivity index is 1.38. The van der Waals surface area contributed by atoms with E-state index in [-0.39, 0.29) is 11.7 Å². The van der Waals surface area contributed by atoms with Crippen molar-refractivity contribution in [3.05, 3.63) is 59.5 Å². The third-order valence-corrected chi connectivity index (χ3v) is 5.66. The molecule has 1 amide bonds. The maximum Gasteiger partial charge on any atom is 0.259 e. The van der Waals surface area contributed by atoms with Crippen molar-refractivity contribution in [1.29, 1.82) is 0 Å². The van der Waals surface area contributed by atoms with E-state index in [0.29, 0.717) is 36.3 Å². The second kappa shape index (κ2) is 6.74. The number of anilines is 1. The zero-order valence-corrected chi connectivity index (χ0v) is 15.5. The first-order chi connectivity index (χ1) is 13.7. The summed E-state index contributed by atoms with van der Waals surface area (Å²) in [5, 5.41) is 4.39. The van der Waals surface area contributed by atoms with Crippen molar-refractivity contribution >= 4 is 23.0 Å². The molecule has 0 bridgehead atoms. The number of para-hydroxylation sites is 1. The molecular weight excluding hydrogens is 354 g/mol. The molecule has 142 valence electrons. The number of hydrogen-bond acceptors (Lipinski definition) is 5. The molecule has 7 nitrogen and oxygen atoms in total. The Kier molecular flexibility index (Phi) is 4.07. The van der Waals surface area contributed by atoms with Gasteiger partial charge in [-0.05, 0) is 25.0 Å². The number of rotatable bonds is 2. The number of aromatic nitrogens is 3. The average Bonchev–Trinajstić information content (AvgIpc) is 3.19. The summed E-state index contributed by atoms with van der Waals surface area (Å²) >= 11 is 0. The van der Waals surface area contributed by atoms with Gasteiger partial charge in [0.1, 0.15) is 5.56 Å². The van der Waals surface area contributed by atoms with Crippen molar-refractivity contribution in [3.63, 3.8) is 0 Å². The molecule has 0 atom stereocenters. The van der Waals surface area contributed by atoms with Gasteiger partial charge in [0.05, 0.1) is 17.5 Å². The van der Waals surface area contributed by atoms with Gasteiger partial charge in [0, 0.05) is 44.5 Å². The van der Waals surface area contributed by atoms with Gasteiger partial charge in [0.25, 0.3) is 5.91 Å². The van der Waals surface area contributed by atoms with E-state index < -0.39 is 0 Å². The Hall–Kier alpha value is -3.22. The Morgan fingerprint density at radius 2 is 1.75 bits per heavy atom. The molecule has 1 aliphatic heterocycles. The van der Waals surface area contributed by atoms with E-state index in [2.05, 4.69) is 27.1 Å². The fourth-order valence-corrected chi connectivity index (χ4v) is 4.13. The smallest absolute Gasteiger partial charge is 0.259 e. The van der Waals surface area contributed by atoms with Gasteiger partial charge in [-0.25, -0.2) is 9.50 Å². The molecule has 1 aliphatic carbocycles. The summed E-state index contributed by atoms with van der Waals surface area (Å²) in [6, 6.07) is 10.3. The average molecular weight is 375 g/mol. The van der Waals surface area contributed by atoms with E-state index >= 15 is 0 Å². The number of aryl methyl sites for hydroxylation is 1. The number of benzene rings is 1. The van der Waals surface area contributed by atoms with Crippen LogP contribution in [0.5, 0.6) is 0 Å². The first-order valence-corrected chi connectivity index (χ1v) is 9.70. The molecular formula is C21H21N5O2. The predicted molar refractivity (Wildman–Crippen MR) is 105 cm³/mol. The third-order valence-electron chi connectivity index (χ3n) is 5.66. The van der Waals surface area contributed by atoms with Crippen LogP contribution in [0.4, 0.5) is 5.69 Å². The molecule has 3 heterocycles. The van der Waals surface area contributed by atoms with E-state index in [1.165, 1.54) is 5.69 Å². The lowest BCUT2D eigenvalue weighted by atomic mass is 9.96. The summed E-state index contributed by atoms with van der Waals surface area (Å²) in [5.41, 5.74) is 3.74. The number of nitrogens with zero attached hydrogens (tertiary/aromatic N) is 5. The van der Waals surface area contributed by atoms with Crippen LogP contribution in [0.25, 0.3) is 5.65 Å². The minimum Gasteiger partial charge on any atom is -0.368 e. The van der Waals surface area contributed by atoms with Crippen LogP contribution in [0.3, 0.4) is 0 Å². The second-order valence-corrected chi connectivity index (χ2v) is 7.30. The SMILES string of the molecule is O=C1CCCc2c1cnc1c(C(=O)N3CCN(c4ccccc4)CC3)cnn21. The minimum absolute atomic E-state index is 0.0442. The number of amides is 1. The molecule has 1 fully saturated rings. The van der Waals surface area contributed by atoms with Gasteiger partial charge in [0.2, 0.25) is 0 Å². The number of Topliss-reactive ketones (excluding diaryl/α,β-unsaturated/α-hetero) is 1. The molecule has 0 spiro atoms. The predicted octanol–water partition coefficient (Wildman–Crippen LogP) is 2.21. The van der Waals surface area contributed by atoms with Gasteiger partial charge in [-0.3, -0.25) is 9.59 Å². The van der Waals surface area contributed by atoms with Crippen LogP contribution in [0.15, 0.2) is 42.7 Å². The Bertz CT molecular complexity index is 1050. The molecule has 0 saturated carbocycles. The van der Waals surface area contributed by atoms with Gasteiger partial charge in [-0.15, -0.1) is 0 Å². The second-order valence-electron chi connectivity index (χ2n) is 7.30. The molecule has 3 aromatic rings. The Morgan fingerprint density at radius 1 is 0.964 bits per heavy atom. The van der Waals surface area contributed by atoms with Crippen LogP contribution in [0.1, 0.15) is 39.3 Å². The standard InChI is InChI=1S/C21H21N5O2/c27-19-8-4-7-18-16(19)13-22-20-17(14-23-26(18)20)21(28)25-11-9-24(10-12-25)15-5-2-1-3-6-15/h1-3,5-6,13-14H,4,7-12H2. The third kappa shape index (κ3) is 2.74. The van der Waals surface area contributed by atoms with Crippen molar-refractivity contribution in [2.45, 2.75) is 19.3 Å². The normalized spacial score (nSPS) is 17.1. The molecule has 0 unspecified atom stereocenters. The highest BCUT2D eigenvalue weighted by molar-refractivity contribution is 6.01. The number of fused-ring (bicyclic) bond motifs is 3. The monoisotopic (exact) mass is 375 g/mol. The van der Waals surface area contributed by atoms with Gasteiger partial charge in [-0.1, -0.05) is 18.2 Å². The van der Waals surface area contributed by atoms with Crippen LogP contribution in [-0.2, 0) is 6.42 Å². The topological polar surface area (TPSA) is 70.8 Å². The fourth-order valence-electron chi connectivity index (χ4n) is 4.13. The maximum absolute atomic E-state index is 13.1. The number of hydrogen-bond donors (Lipinski definition) is 0. The van der Waals surface area contributed by atoms with Gasteiger partial charge < -0.3 is 9.80 Å². The molecule has 0 N–H and O–H groups in total. The summed E-state index contributed by atoms with van der Waals surface area (Å²) in [6.45, 7) is 2.92. The van der Waals surface area contributed by atoms with E-state index in [1.54, 1.807) is 16.9 Å². The quantitative estimate of drug-likeness (QED) is 0.687. The van der Waals surface area contributed by atoms with Gasteiger partial charge in [0.15, 0.2) is 11.4 Å². The van der Waals surface area contributed by atoms with Crippen molar-refractivity contribution in [2.24, 2.45) is 0 Å². The number of carbonyl (C=O) groups excluding carboxylic acids is 2. The molecule has 1 saturated heterocycles. The fraction of sp³-hybridized carbons (Fsp3) is 0.333. The van der Waals surface area contributed by atoms with Crippen molar-refractivity contribution in [1.82, 2.24) is 19.5 Å². The number of piperazine rings is 1. The Morgan fingerprint density at radius 3 is 2.54 bits per heavy atom. The first kappa shape index (κ1) is 16.9. The first-order valence-electron chi connectivity index (χ1n) is 9.70. The summed E-state index contributed by atoms with van der Waals surface area (Å²) in [6.07, 6.45) is 5.35. The van der Waals surface area contributed by atoms with Crippen LogP contribution in [0.2, 0.25) is 0 Å². The lowest BCUT2D eigenvalue weighted by Gasteiger charge is -2.36. The van der Waals surface area contributed by atoms with Crippen LogP contribution < -0.4 is 4.90 Å². The molecule has 1 aromatic carbocycles. The largest absolute Gasteiger partial charge is 0.368 e. The zero-order valence-electron chi connectivity index (χ0n) is 15.5. The molecule has 5 rings (SSSR count). The summed E-state index contributed by atoms with van der Waals surface area (Å²) < 4.78 is 1.68. The van der Waals surface area contributed by atoms with Crippen LogP contribution in [-0.4, -0.2) is 57.4 Å². The van der Waals surface area contributed by atoms with Crippen molar-refractivity contribution in [2.75, 3.05) is 31.1 Å². The molecule has 2 aromatic heterocycles. The molecule has 2 aliphatic rings. The van der Waals surface area contributed by atoms with E-state index in [4.69, 9.17) is 0 Å². The molecule has 0 radical (unpaired) electrons.